The summed E-state index contributed by atoms with van der Waals surface area (Å²) < 4.78 is 11.3. The molecule has 6 nitrogen and oxygen atoms in total. The van der Waals surface area contributed by atoms with E-state index in [-0.39, 0.29) is 23.6 Å². The molecule has 0 unspecified atom stereocenters. The van der Waals surface area contributed by atoms with Crippen molar-refractivity contribution in [2.45, 2.75) is 25.8 Å². The fraction of sp³-hybridized carbons (Fsp3) is 0.391. The van der Waals surface area contributed by atoms with Crippen LogP contribution in [0.15, 0.2) is 42.5 Å². The second kappa shape index (κ2) is 9.43. The fourth-order valence-electron chi connectivity index (χ4n) is 3.83. The number of hydrogen-bond donors (Lipinski definition) is 1. The number of ether oxygens (including phenoxy) is 2. The molecule has 2 aliphatic heterocycles. The van der Waals surface area contributed by atoms with Gasteiger partial charge in [0.2, 0.25) is 11.8 Å². The standard InChI is InChI=1S/C23H26N2O4S/c1-16-4-7-18(8-5-16)24-22(26)14-30-15-23(27)25-10-2-3-19(25)17-6-9-20-21(13-17)29-12-11-28-20/h4-9,13,19H,2-3,10-12,14-15H2,1H3,(H,24,26)/t19-/m0/s1. The van der Waals surface area contributed by atoms with Gasteiger partial charge >= 0.3 is 0 Å². The first-order valence-corrected chi connectivity index (χ1v) is 11.4. The predicted octanol–water partition coefficient (Wildman–Crippen LogP) is 3.80. The predicted molar refractivity (Wildman–Crippen MR) is 118 cm³/mol. The summed E-state index contributed by atoms with van der Waals surface area (Å²) >= 11 is 1.35. The Morgan fingerprint density at radius 2 is 1.83 bits per heavy atom. The Hall–Kier alpha value is -2.67. The number of likely N-dealkylation sites (tertiary alicyclic amines) is 1. The van der Waals surface area contributed by atoms with Crippen molar-refractivity contribution in [1.82, 2.24) is 4.90 Å². The van der Waals surface area contributed by atoms with E-state index in [1.807, 2.05) is 54.3 Å². The van der Waals surface area contributed by atoms with Gasteiger partial charge in [0.15, 0.2) is 11.5 Å². The number of benzene rings is 2. The minimum atomic E-state index is -0.0959. The van der Waals surface area contributed by atoms with E-state index in [1.54, 1.807) is 0 Å². The van der Waals surface area contributed by atoms with E-state index < -0.39 is 0 Å². The molecule has 2 aliphatic rings. The molecule has 2 heterocycles. The molecule has 30 heavy (non-hydrogen) atoms. The average molecular weight is 427 g/mol. The van der Waals surface area contributed by atoms with E-state index in [0.717, 1.165) is 47.7 Å². The molecule has 1 N–H and O–H groups in total. The molecule has 2 amide bonds. The van der Waals surface area contributed by atoms with E-state index in [0.29, 0.717) is 19.0 Å². The summed E-state index contributed by atoms with van der Waals surface area (Å²) in [6.07, 6.45) is 1.91. The van der Waals surface area contributed by atoms with Crippen LogP contribution in [0, 0.1) is 6.92 Å². The number of nitrogens with one attached hydrogen (secondary N) is 1. The number of rotatable bonds is 6. The molecule has 0 aromatic heterocycles. The summed E-state index contributed by atoms with van der Waals surface area (Å²) in [6, 6.07) is 13.7. The van der Waals surface area contributed by atoms with Crippen molar-refractivity contribution >= 4 is 29.3 Å². The van der Waals surface area contributed by atoms with Crippen molar-refractivity contribution < 1.29 is 19.1 Å². The summed E-state index contributed by atoms with van der Waals surface area (Å²) in [5.41, 5.74) is 2.99. The Morgan fingerprint density at radius 1 is 1.07 bits per heavy atom. The molecule has 0 bridgehead atoms. The van der Waals surface area contributed by atoms with Gasteiger partial charge < -0.3 is 19.7 Å². The molecule has 0 aliphatic carbocycles. The van der Waals surface area contributed by atoms with Gasteiger partial charge in [0.25, 0.3) is 0 Å². The summed E-state index contributed by atoms with van der Waals surface area (Å²) in [5.74, 6) is 2.03. The molecule has 4 rings (SSSR count). The van der Waals surface area contributed by atoms with Crippen LogP contribution in [0.25, 0.3) is 0 Å². The molecule has 158 valence electrons. The number of anilines is 1. The number of fused-ring (bicyclic) bond motifs is 1. The molecule has 2 aromatic rings. The van der Waals surface area contributed by atoms with Crippen LogP contribution in [0.2, 0.25) is 0 Å². The first-order chi connectivity index (χ1) is 14.6. The fourth-order valence-corrected chi connectivity index (χ4v) is 4.53. The van der Waals surface area contributed by atoms with E-state index >= 15 is 0 Å². The van der Waals surface area contributed by atoms with Crippen LogP contribution in [-0.4, -0.2) is 48.0 Å². The number of amides is 2. The van der Waals surface area contributed by atoms with Gasteiger partial charge in [-0.1, -0.05) is 23.8 Å². The molecular weight excluding hydrogens is 400 g/mol. The molecule has 0 radical (unpaired) electrons. The molecule has 7 heteroatoms. The molecule has 1 atom stereocenters. The van der Waals surface area contributed by atoms with E-state index in [1.165, 1.54) is 11.8 Å². The maximum Gasteiger partial charge on any atom is 0.234 e. The highest BCUT2D eigenvalue weighted by molar-refractivity contribution is 8.00. The van der Waals surface area contributed by atoms with Crippen LogP contribution < -0.4 is 14.8 Å². The van der Waals surface area contributed by atoms with Gasteiger partial charge in [-0.2, -0.15) is 0 Å². The summed E-state index contributed by atoms with van der Waals surface area (Å²) in [5, 5.41) is 2.87. The van der Waals surface area contributed by atoms with Crippen molar-refractivity contribution in [2.24, 2.45) is 0 Å². The minimum absolute atomic E-state index is 0.0512. The van der Waals surface area contributed by atoms with Gasteiger partial charge in [0.05, 0.1) is 17.5 Å². The van der Waals surface area contributed by atoms with Crippen molar-refractivity contribution in [2.75, 3.05) is 36.6 Å². The second-order valence-corrected chi connectivity index (χ2v) is 8.54. The van der Waals surface area contributed by atoms with E-state index in [2.05, 4.69) is 5.32 Å². The lowest BCUT2D eigenvalue weighted by atomic mass is 10.0. The zero-order valence-electron chi connectivity index (χ0n) is 17.1. The monoisotopic (exact) mass is 426 g/mol. The van der Waals surface area contributed by atoms with Gasteiger partial charge in [-0.3, -0.25) is 9.59 Å². The number of carbonyl (C=O) groups is 2. The van der Waals surface area contributed by atoms with Gasteiger partial charge in [-0.25, -0.2) is 0 Å². The number of hydrogen-bond acceptors (Lipinski definition) is 5. The first kappa shape index (κ1) is 20.6. The lowest BCUT2D eigenvalue weighted by molar-refractivity contribution is -0.129. The molecule has 1 saturated heterocycles. The Labute approximate surface area is 180 Å². The minimum Gasteiger partial charge on any atom is -0.486 e. The topological polar surface area (TPSA) is 67.9 Å². The smallest absolute Gasteiger partial charge is 0.234 e. The van der Waals surface area contributed by atoms with Gasteiger partial charge in [0, 0.05) is 12.2 Å². The summed E-state index contributed by atoms with van der Waals surface area (Å²) in [6.45, 7) is 3.86. The Bertz CT molecular complexity index is 916. The van der Waals surface area contributed by atoms with Crippen molar-refractivity contribution in [3.63, 3.8) is 0 Å². The van der Waals surface area contributed by atoms with Crippen molar-refractivity contribution in [3.05, 3.63) is 53.6 Å². The molecule has 1 fully saturated rings. The lowest BCUT2D eigenvalue weighted by Gasteiger charge is -2.26. The third kappa shape index (κ3) is 4.90. The van der Waals surface area contributed by atoms with Crippen molar-refractivity contribution in [1.29, 1.82) is 0 Å². The normalized spacial score (nSPS) is 17.6. The third-order valence-electron chi connectivity index (χ3n) is 5.32. The average Bonchev–Trinajstić information content (AvgIpc) is 3.25. The molecule has 0 saturated carbocycles. The van der Waals surface area contributed by atoms with Crippen LogP contribution in [0.5, 0.6) is 11.5 Å². The van der Waals surface area contributed by atoms with Crippen LogP contribution in [0.4, 0.5) is 5.69 Å². The number of thioether (sulfide) groups is 1. The zero-order chi connectivity index (χ0) is 20.9. The quantitative estimate of drug-likeness (QED) is 0.761. The van der Waals surface area contributed by atoms with Crippen LogP contribution in [0.1, 0.15) is 30.0 Å². The van der Waals surface area contributed by atoms with Gasteiger partial charge in [-0.05, 0) is 49.6 Å². The van der Waals surface area contributed by atoms with Crippen LogP contribution >= 0.6 is 11.8 Å². The lowest BCUT2D eigenvalue weighted by Crippen LogP contribution is -2.32. The summed E-state index contributed by atoms with van der Waals surface area (Å²) in [4.78, 5) is 26.9. The Kier molecular flexibility index (Phi) is 6.47. The van der Waals surface area contributed by atoms with E-state index in [4.69, 9.17) is 9.47 Å². The highest BCUT2D eigenvalue weighted by Crippen LogP contribution is 2.38. The molecular formula is C23H26N2O4S. The van der Waals surface area contributed by atoms with Gasteiger partial charge in [0.1, 0.15) is 13.2 Å². The Balaban J connectivity index is 1.29. The van der Waals surface area contributed by atoms with Gasteiger partial charge in [-0.15, -0.1) is 11.8 Å². The van der Waals surface area contributed by atoms with Crippen LogP contribution in [0.3, 0.4) is 0 Å². The highest BCUT2D eigenvalue weighted by Gasteiger charge is 2.30. The third-order valence-corrected chi connectivity index (χ3v) is 6.24. The zero-order valence-corrected chi connectivity index (χ0v) is 17.9. The number of nitrogens with zero attached hydrogens (tertiary/aromatic N) is 1. The highest BCUT2D eigenvalue weighted by atomic mass is 32.2. The SMILES string of the molecule is Cc1ccc(NC(=O)CSCC(=O)N2CCC[C@H]2c2ccc3c(c2)OCCO3)cc1. The molecule has 0 spiro atoms. The second-order valence-electron chi connectivity index (χ2n) is 7.56. The Morgan fingerprint density at radius 3 is 2.63 bits per heavy atom. The summed E-state index contributed by atoms with van der Waals surface area (Å²) in [7, 11) is 0. The maximum atomic E-state index is 12.8. The van der Waals surface area contributed by atoms with E-state index in [9.17, 15) is 9.59 Å². The number of aryl methyl sites for hydroxylation is 1. The molecule has 2 aromatic carbocycles. The maximum absolute atomic E-state index is 12.8. The first-order valence-electron chi connectivity index (χ1n) is 10.2. The van der Waals surface area contributed by atoms with Crippen molar-refractivity contribution in [3.8, 4) is 11.5 Å². The largest absolute Gasteiger partial charge is 0.486 e. The van der Waals surface area contributed by atoms with Crippen LogP contribution in [-0.2, 0) is 9.59 Å². The number of carbonyl (C=O) groups excluding carboxylic acids is 2.